The third kappa shape index (κ3) is 3.06. The number of sulfonamides is 1. The summed E-state index contributed by atoms with van der Waals surface area (Å²) in [6.45, 7) is 7.48. The average molecular weight is 428 g/mol. The van der Waals surface area contributed by atoms with Crippen molar-refractivity contribution in [3.63, 3.8) is 0 Å². The number of carbonyl (C=O) groups excluding carboxylic acids is 2. The lowest BCUT2D eigenvalue weighted by atomic mass is 9.77. The molecular formula is C22H25N3O4S. The summed E-state index contributed by atoms with van der Waals surface area (Å²) in [6, 6.07) is 9.86. The van der Waals surface area contributed by atoms with E-state index in [4.69, 9.17) is 0 Å². The van der Waals surface area contributed by atoms with Gasteiger partial charge in [0.05, 0.1) is 10.3 Å². The predicted molar refractivity (Wildman–Crippen MR) is 116 cm³/mol. The second-order valence-corrected chi connectivity index (χ2v) is 10.8. The average Bonchev–Trinajstić information content (AvgIpc) is 2.88. The first-order valence-corrected chi connectivity index (χ1v) is 11.2. The van der Waals surface area contributed by atoms with Crippen LogP contribution in [0.15, 0.2) is 41.3 Å². The van der Waals surface area contributed by atoms with Crippen LogP contribution >= 0.6 is 0 Å². The van der Waals surface area contributed by atoms with Crippen molar-refractivity contribution in [2.24, 2.45) is 0 Å². The number of hydrogen-bond acceptors (Lipinski definition) is 4. The molecule has 2 N–H and O–H groups in total. The number of amides is 2. The van der Waals surface area contributed by atoms with Gasteiger partial charge in [-0.3, -0.25) is 14.3 Å². The molecule has 0 saturated carbocycles. The zero-order chi connectivity index (χ0) is 22.1. The minimum absolute atomic E-state index is 0.00476. The van der Waals surface area contributed by atoms with Crippen LogP contribution < -0.4 is 14.9 Å². The number of rotatable bonds is 3. The fraction of sp³-hybridized carbons (Fsp3) is 0.364. The number of fused-ring (bicyclic) bond motifs is 2. The van der Waals surface area contributed by atoms with E-state index in [9.17, 15) is 18.0 Å². The summed E-state index contributed by atoms with van der Waals surface area (Å²) in [5.41, 5.74) is 2.17. The van der Waals surface area contributed by atoms with Crippen molar-refractivity contribution in [1.82, 2.24) is 0 Å². The molecule has 2 aromatic carbocycles. The molecule has 0 atom stereocenters. The minimum Gasteiger partial charge on any atom is -0.325 e. The maximum atomic E-state index is 13.1. The molecule has 0 unspecified atom stereocenters. The number of hydrogen-bond donors (Lipinski definition) is 2. The van der Waals surface area contributed by atoms with E-state index in [1.165, 1.54) is 6.07 Å². The molecule has 2 aliphatic rings. The molecule has 2 amide bonds. The highest BCUT2D eigenvalue weighted by molar-refractivity contribution is 7.92. The Morgan fingerprint density at radius 1 is 1.00 bits per heavy atom. The van der Waals surface area contributed by atoms with Gasteiger partial charge in [-0.25, -0.2) is 8.42 Å². The van der Waals surface area contributed by atoms with E-state index in [1.807, 2.05) is 13.8 Å². The Bertz CT molecular complexity index is 1200. The van der Waals surface area contributed by atoms with Crippen LogP contribution in [0.5, 0.6) is 0 Å². The Morgan fingerprint density at radius 2 is 1.70 bits per heavy atom. The Balaban J connectivity index is 1.71. The van der Waals surface area contributed by atoms with E-state index >= 15 is 0 Å². The lowest BCUT2D eigenvalue weighted by Crippen LogP contribution is -2.39. The summed E-state index contributed by atoms with van der Waals surface area (Å²) in [5.74, 6) is -0.113. The smallest absolute Gasteiger partial charge is 0.261 e. The van der Waals surface area contributed by atoms with Crippen LogP contribution in [-0.4, -0.2) is 27.3 Å². The quantitative estimate of drug-likeness (QED) is 0.785. The van der Waals surface area contributed by atoms with Crippen molar-refractivity contribution < 1.29 is 18.0 Å². The van der Waals surface area contributed by atoms with Gasteiger partial charge in [0.1, 0.15) is 0 Å². The normalized spacial score (nSPS) is 19.2. The molecule has 2 aliphatic heterocycles. The molecule has 2 aromatic rings. The van der Waals surface area contributed by atoms with E-state index in [1.54, 1.807) is 56.1 Å². The summed E-state index contributed by atoms with van der Waals surface area (Å²) in [5, 5.41) is 2.81. The maximum absolute atomic E-state index is 13.1. The van der Waals surface area contributed by atoms with Crippen LogP contribution in [-0.2, 0) is 30.4 Å². The highest BCUT2D eigenvalue weighted by Crippen LogP contribution is 2.41. The van der Waals surface area contributed by atoms with Crippen molar-refractivity contribution >= 4 is 38.9 Å². The van der Waals surface area contributed by atoms with Gasteiger partial charge in [-0.2, -0.15) is 0 Å². The van der Waals surface area contributed by atoms with Gasteiger partial charge in [0.15, 0.2) is 0 Å². The third-order valence-electron chi connectivity index (χ3n) is 6.10. The number of carbonyl (C=O) groups is 2. The first kappa shape index (κ1) is 20.4. The van der Waals surface area contributed by atoms with Crippen LogP contribution in [0.4, 0.5) is 17.1 Å². The highest BCUT2D eigenvalue weighted by Gasteiger charge is 2.39. The molecule has 158 valence electrons. The van der Waals surface area contributed by atoms with Crippen molar-refractivity contribution in [2.45, 2.75) is 49.8 Å². The SMILES string of the molecule is CN1C(=O)CC(C)(C)c2cc(S(=O)(=O)Nc3ccc4c(c3)C(C)(C)C(=O)N4)ccc21. The van der Waals surface area contributed by atoms with Crippen molar-refractivity contribution in [3.8, 4) is 0 Å². The number of benzene rings is 2. The molecule has 0 saturated heterocycles. The lowest BCUT2D eigenvalue weighted by Gasteiger charge is -2.37. The van der Waals surface area contributed by atoms with Crippen LogP contribution in [0.3, 0.4) is 0 Å². The first-order valence-electron chi connectivity index (χ1n) is 9.73. The third-order valence-corrected chi connectivity index (χ3v) is 7.48. The topological polar surface area (TPSA) is 95.6 Å². The zero-order valence-electron chi connectivity index (χ0n) is 17.7. The molecule has 2 heterocycles. The largest absolute Gasteiger partial charge is 0.325 e. The number of anilines is 3. The van der Waals surface area contributed by atoms with Gasteiger partial charge in [0, 0.05) is 35.9 Å². The molecule has 0 bridgehead atoms. The van der Waals surface area contributed by atoms with Crippen molar-refractivity contribution in [1.29, 1.82) is 0 Å². The summed E-state index contributed by atoms with van der Waals surface area (Å²) in [7, 11) is -2.16. The van der Waals surface area contributed by atoms with Gasteiger partial charge in [0.25, 0.3) is 10.0 Å². The van der Waals surface area contributed by atoms with Crippen LogP contribution in [0.1, 0.15) is 45.2 Å². The van der Waals surface area contributed by atoms with Crippen LogP contribution in [0, 0.1) is 0 Å². The first-order chi connectivity index (χ1) is 13.8. The predicted octanol–water partition coefficient (Wildman–Crippen LogP) is 3.36. The van der Waals surface area contributed by atoms with Gasteiger partial charge in [-0.15, -0.1) is 0 Å². The molecule has 0 fully saturated rings. The monoisotopic (exact) mass is 427 g/mol. The summed E-state index contributed by atoms with van der Waals surface area (Å²) in [4.78, 5) is 26.1. The van der Waals surface area contributed by atoms with Gasteiger partial charge < -0.3 is 10.2 Å². The van der Waals surface area contributed by atoms with Gasteiger partial charge in [-0.1, -0.05) is 13.8 Å². The Labute approximate surface area is 176 Å². The number of nitrogens with one attached hydrogen (secondary N) is 2. The summed E-state index contributed by atoms with van der Waals surface area (Å²) >= 11 is 0. The molecule has 0 aromatic heterocycles. The molecular weight excluding hydrogens is 402 g/mol. The van der Waals surface area contributed by atoms with Crippen molar-refractivity contribution in [3.05, 3.63) is 47.5 Å². The molecule has 0 aliphatic carbocycles. The van der Waals surface area contributed by atoms with Crippen molar-refractivity contribution in [2.75, 3.05) is 22.0 Å². The zero-order valence-corrected chi connectivity index (χ0v) is 18.5. The molecule has 8 heteroatoms. The van der Waals surface area contributed by atoms with E-state index < -0.39 is 20.9 Å². The van der Waals surface area contributed by atoms with E-state index in [0.717, 1.165) is 16.8 Å². The number of nitrogens with zero attached hydrogens (tertiary/aromatic N) is 1. The summed E-state index contributed by atoms with van der Waals surface area (Å²) in [6.07, 6.45) is 0.314. The summed E-state index contributed by atoms with van der Waals surface area (Å²) < 4.78 is 28.8. The second-order valence-electron chi connectivity index (χ2n) is 9.14. The van der Waals surface area contributed by atoms with Gasteiger partial charge >= 0.3 is 0 Å². The Morgan fingerprint density at radius 3 is 2.40 bits per heavy atom. The van der Waals surface area contributed by atoms with Crippen LogP contribution in [0.2, 0.25) is 0 Å². The van der Waals surface area contributed by atoms with Gasteiger partial charge in [0.2, 0.25) is 11.8 Å². The highest BCUT2D eigenvalue weighted by atomic mass is 32.2. The fourth-order valence-electron chi connectivity index (χ4n) is 4.09. The van der Waals surface area contributed by atoms with E-state index in [2.05, 4.69) is 10.0 Å². The molecule has 0 radical (unpaired) electrons. The molecule has 4 rings (SSSR count). The lowest BCUT2D eigenvalue weighted by molar-refractivity contribution is -0.120. The standard InChI is InChI=1S/C22H25N3O4S/c1-21(2)12-19(26)25(5)18-9-7-14(11-16(18)21)30(28,29)24-13-6-8-17-15(10-13)22(3,4)20(27)23-17/h6-11,24H,12H2,1-5H3,(H,23,27). The van der Waals surface area contributed by atoms with E-state index in [0.29, 0.717) is 17.8 Å². The molecule has 7 nitrogen and oxygen atoms in total. The molecule has 30 heavy (non-hydrogen) atoms. The maximum Gasteiger partial charge on any atom is 0.261 e. The second kappa shape index (κ2) is 6.31. The van der Waals surface area contributed by atoms with Gasteiger partial charge in [-0.05, 0) is 61.4 Å². The van der Waals surface area contributed by atoms with Crippen LogP contribution in [0.25, 0.3) is 0 Å². The van der Waals surface area contributed by atoms with E-state index in [-0.39, 0.29) is 16.7 Å². The Hall–Kier alpha value is -2.87. The Kier molecular flexibility index (Phi) is 4.29. The fourth-order valence-corrected chi connectivity index (χ4v) is 5.17. The molecule has 0 spiro atoms. The minimum atomic E-state index is -3.86.